The molecule has 0 N–H and O–H groups in total. The van der Waals surface area contributed by atoms with Crippen molar-refractivity contribution in [2.45, 2.75) is 26.2 Å². The molecule has 0 saturated carbocycles. The fourth-order valence-electron chi connectivity index (χ4n) is 2.52. The van der Waals surface area contributed by atoms with E-state index in [9.17, 15) is 0 Å². The Kier molecular flexibility index (Phi) is 5.49. The Morgan fingerprint density at radius 2 is 1.65 bits per heavy atom. The van der Waals surface area contributed by atoms with Crippen molar-refractivity contribution in [3.05, 3.63) is 75.8 Å². The van der Waals surface area contributed by atoms with E-state index in [4.69, 9.17) is 23.2 Å². The predicted molar refractivity (Wildman–Crippen MR) is 94.4 cm³/mol. The molecule has 0 aliphatic heterocycles. The molecule has 0 radical (unpaired) electrons. The van der Waals surface area contributed by atoms with Crippen molar-refractivity contribution in [3.63, 3.8) is 0 Å². The van der Waals surface area contributed by atoms with Gasteiger partial charge in [-0.2, -0.15) is 8.78 Å². The van der Waals surface area contributed by atoms with Gasteiger partial charge in [-0.05, 0) is 41.7 Å². The molecule has 0 nitrogen and oxygen atoms in total. The van der Waals surface area contributed by atoms with Crippen LogP contribution in [-0.2, 0) is 12.3 Å². The standard InChI is InChI=1S/C19H18Cl2F2/c1-12(2)8-14-6-4-5-7-18(14)19(22,23)13(3)15-9-16(20)11-17(21)10-15/h4-7,9-12H,3,8H2,1-2H3. The first-order chi connectivity index (χ1) is 10.7. The monoisotopic (exact) mass is 354 g/mol. The molecule has 0 spiro atoms. The SMILES string of the molecule is C=C(c1cc(Cl)cc(Cl)c1)C(F)(F)c1ccccc1CC(C)C. The Labute approximate surface area is 145 Å². The number of hydrogen-bond donors (Lipinski definition) is 0. The lowest BCUT2D eigenvalue weighted by atomic mass is 9.89. The molecule has 23 heavy (non-hydrogen) atoms. The highest BCUT2D eigenvalue weighted by atomic mass is 35.5. The predicted octanol–water partition coefficient (Wildman–Crippen LogP) is 7.00. The summed E-state index contributed by atoms with van der Waals surface area (Å²) in [4.78, 5) is 0. The fourth-order valence-corrected chi connectivity index (χ4v) is 3.04. The Morgan fingerprint density at radius 3 is 2.22 bits per heavy atom. The molecular formula is C19H18Cl2F2. The van der Waals surface area contributed by atoms with Crippen LogP contribution in [0.2, 0.25) is 10.0 Å². The third-order valence-electron chi connectivity index (χ3n) is 3.57. The third kappa shape index (κ3) is 4.13. The van der Waals surface area contributed by atoms with E-state index in [1.165, 1.54) is 24.3 Å². The van der Waals surface area contributed by atoms with Gasteiger partial charge in [-0.1, -0.05) is 67.9 Å². The molecule has 0 heterocycles. The summed E-state index contributed by atoms with van der Waals surface area (Å²) in [6.45, 7) is 7.61. The maximum Gasteiger partial charge on any atom is 0.298 e. The van der Waals surface area contributed by atoms with E-state index >= 15 is 8.78 Å². The van der Waals surface area contributed by atoms with E-state index in [1.54, 1.807) is 18.2 Å². The first-order valence-corrected chi connectivity index (χ1v) is 8.09. The van der Waals surface area contributed by atoms with Crippen LogP contribution in [0.4, 0.5) is 8.78 Å². The van der Waals surface area contributed by atoms with Crippen molar-refractivity contribution in [2.24, 2.45) is 5.92 Å². The molecule has 0 unspecified atom stereocenters. The molecule has 0 amide bonds. The van der Waals surface area contributed by atoms with Crippen molar-refractivity contribution >= 4 is 28.8 Å². The molecule has 0 aliphatic carbocycles. The van der Waals surface area contributed by atoms with Crippen LogP contribution in [0.5, 0.6) is 0 Å². The lowest BCUT2D eigenvalue weighted by molar-refractivity contribution is 0.0635. The van der Waals surface area contributed by atoms with Crippen molar-refractivity contribution in [2.75, 3.05) is 0 Å². The molecule has 2 aromatic rings. The minimum absolute atomic E-state index is 0.0187. The molecule has 0 saturated heterocycles. The molecule has 0 aliphatic rings. The Bertz CT molecular complexity index is 701. The van der Waals surface area contributed by atoms with E-state index in [0.717, 1.165) is 0 Å². The van der Waals surface area contributed by atoms with Crippen molar-refractivity contribution < 1.29 is 8.78 Å². The topological polar surface area (TPSA) is 0 Å². The van der Waals surface area contributed by atoms with Crippen LogP contribution < -0.4 is 0 Å². The Morgan fingerprint density at radius 1 is 1.09 bits per heavy atom. The fraction of sp³-hybridized carbons (Fsp3) is 0.263. The summed E-state index contributed by atoms with van der Waals surface area (Å²) < 4.78 is 30.0. The number of allylic oxidation sites excluding steroid dienone is 1. The van der Waals surface area contributed by atoms with Crippen molar-refractivity contribution in [1.29, 1.82) is 0 Å². The Hall–Kier alpha value is -1.38. The van der Waals surface area contributed by atoms with E-state index in [-0.39, 0.29) is 22.6 Å². The highest BCUT2D eigenvalue weighted by Gasteiger charge is 2.38. The minimum atomic E-state index is -3.19. The zero-order valence-corrected chi connectivity index (χ0v) is 14.6. The molecule has 2 aromatic carbocycles. The van der Waals surface area contributed by atoms with Crippen molar-refractivity contribution in [1.82, 2.24) is 0 Å². The van der Waals surface area contributed by atoms with Gasteiger partial charge in [0.05, 0.1) is 0 Å². The number of hydrogen-bond acceptors (Lipinski definition) is 0. The second kappa shape index (κ2) is 7.02. The van der Waals surface area contributed by atoms with Crippen molar-refractivity contribution in [3.8, 4) is 0 Å². The van der Waals surface area contributed by atoms with Gasteiger partial charge >= 0.3 is 0 Å². The quantitative estimate of drug-likeness (QED) is 0.542. The van der Waals surface area contributed by atoms with Crippen LogP contribution >= 0.6 is 23.2 Å². The Balaban J connectivity index is 2.47. The molecule has 4 heteroatoms. The normalized spacial score (nSPS) is 11.8. The van der Waals surface area contributed by atoms with E-state index in [0.29, 0.717) is 22.0 Å². The average molecular weight is 355 g/mol. The third-order valence-corrected chi connectivity index (χ3v) is 4.01. The highest BCUT2D eigenvalue weighted by molar-refractivity contribution is 6.34. The second-order valence-corrected chi connectivity index (χ2v) is 6.84. The van der Waals surface area contributed by atoms with Crippen LogP contribution in [0, 0.1) is 5.92 Å². The summed E-state index contributed by atoms with van der Waals surface area (Å²) in [5.41, 5.74) is 0.543. The lowest BCUT2D eigenvalue weighted by Gasteiger charge is -2.23. The number of rotatable bonds is 5. The van der Waals surface area contributed by atoms with Gasteiger partial charge in [0, 0.05) is 21.2 Å². The van der Waals surface area contributed by atoms with Crippen LogP contribution in [-0.4, -0.2) is 0 Å². The zero-order valence-electron chi connectivity index (χ0n) is 13.0. The average Bonchev–Trinajstić information content (AvgIpc) is 2.45. The molecule has 0 bridgehead atoms. The lowest BCUT2D eigenvalue weighted by Crippen LogP contribution is -2.18. The number of benzene rings is 2. The van der Waals surface area contributed by atoms with Gasteiger partial charge in [-0.25, -0.2) is 0 Å². The summed E-state index contributed by atoms with van der Waals surface area (Å²) >= 11 is 11.8. The molecule has 2 rings (SSSR count). The van der Waals surface area contributed by atoms with Gasteiger partial charge in [-0.3, -0.25) is 0 Å². The van der Waals surface area contributed by atoms with E-state index < -0.39 is 5.92 Å². The van der Waals surface area contributed by atoms with Gasteiger partial charge in [0.2, 0.25) is 0 Å². The highest BCUT2D eigenvalue weighted by Crippen LogP contribution is 2.43. The van der Waals surface area contributed by atoms with Crippen LogP contribution in [0.15, 0.2) is 49.0 Å². The van der Waals surface area contributed by atoms with Gasteiger partial charge < -0.3 is 0 Å². The minimum Gasteiger partial charge on any atom is -0.196 e. The maximum absolute atomic E-state index is 15.0. The van der Waals surface area contributed by atoms with Crippen LogP contribution in [0.1, 0.15) is 30.5 Å². The second-order valence-electron chi connectivity index (χ2n) is 5.97. The molecule has 0 atom stereocenters. The first-order valence-electron chi connectivity index (χ1n) is 7.34. The first kappa shape index (κ1) is 18.0. The largest absolute Gasteiger partial charge is 0.298 e. The molecular weight excluding hydrogens is 337 g/mol. The molecule has 122 valence electrons. The summed E-state index contributed by atoms with van der Waals surface area (Å²) in [6.07, 6.45) is 0.579. The van der Waals surface area contributed by atoms with E-state index in [2.05, 4.69) is 6.58 Å². The van der Waals surface area contributed by atoms with E-state index in [1.807, 2.05) is 13.8 Å². The zero-order chi connectivity index (χ0) is 17.2. The molecule has 0 fully saturated rings. The summed E-state index contributed by atoms with van der Waals surface area (Å²) in [5.74, 6) is -2.92. The van der Waals surface area contributed by atoms with Gasteiger partial charge in [0.15, 0.2) is 0 Å². The van der Waals surface area contributed by atoms with Crippen LogP contribution in [0.3, 0.4) is 0 Å². The van der Waals surface area contributed by atoms with Gasteiger partial charge in [0.1, 0.15) is 0 Å². The van der Waals surface area contributed by atoms with Gasteiger partial charge in [0.25, 0.3) is 5.92 Å². The summed E-state index contributed by atoms with van der Waals surface area (Å²) in [5, 5.41) is 0.611. The number of halogens is 4. The molecule has 0 aromatic heterocycles. The number of alkyl halides is 2. The maximum atomic E-state index is 15.0. The van der Waals surface area contributed by atoms with Crippen LogP contribution in [0.25, 0.3) is 5.57 Å². The summed E-state index contributed by atoms with van der Waals surface area (Å²) in [7, 11) is 0. The van der Waals surface area contributed by atoms with Gasteiger partial charge in [-0.15, -0.1) is 0 Å². The summed E-state index contributed by atoms with van der Waals surface area (Å²) in [6, 6.07) is 11.0. The smallest absolute Gasteiger partial charge is 0.196 e.